The summed E-state index contributed by atoms with van der Waals surface area (Å²) in [6, 6.07) is 1.56. The van der Waals surface area contributed by atoms with Gasteiger partial charge < -0.3 is 9.73 Å². The van der Waals surface area contributed by atoms with Crippen LogP contribution in [0.3, 0.4) is 0 Å². The predicted molar refractivity (Wildman–Crippen MR) is 72.7 cm³/mol. The van der Waals surface area contributed by atoms with Gasteiger partial charge in [0.2, 0.25) is 10.0 Å². The van der Waals surface area contributed by atoms with Crippen LogP contribution in [-0.4, -0.2) is 52.6 Å². The Labute approximate surface area is 114 Å². The van der Waals surface area contributed by atoms with Crippen molar-refractivity contribution in [2.24, 2.45) is 0 Å². The van der Waals surface area contributed by atoms with E-state index in [1.165, 1.54) is 0 Å². The van der Waals surface area contributed by atoms with Gasteiger partial charge in [0.25, 0.3) is 0 Å². The maximum absolute atomic E-state index is 12.1. The normalized spacial score (nSPS) is 17.8. The van der Waals surface area contributed by atoms with Gasteiger partial charge in [0.15, 0.2) is 0 Å². The summed E-state index contributed by atoms with van der Waals surface area (Å²) in [4.78, 5) is 2.48. The standard InChI is InChI=1S/C12H21N3O3S/c1-10-9-12(11(2)18-10)19(16,17)14-5-8-15-6-3-13-4-7-15/h9,13-14H,3-8H2,1-2H3. The Bertz CT molecular complexity index is 518. The van der Waals surface area contributed by atoms with Gasteiger partial charge >= 0.3 is 0 Å². The van der Waals surface area contributed by atoms with E-state index in [-0.39, 0.29) is 4.90 Å². The molecule has 2 heterocycles. The molecule has 108 valence electrons. The molecule has 0 spiro atoms. The third kappa shape index (κ3) is 3.79. The second-order valence-electron chi connectivity index (χ2n) is 4.77. The van der Waals surface area contributed by atoms with Crippen molar-refractivity contribution in [3.05, 3.63) is 17.6 Å². The Balaban J connectivity index is 1.89. The number of rotatable bonds is 5. The van der Waals surface area contributed by atoms with Crippen LogP contribution in [0.5, 0.6) is 0 Å². The van der Waals surface area contributed by atoms with Crippen LogP contribution in [0.25, 0.3) is 0 Å². The van der Waals surface area contributed by atoms with Gasteiger partial charge in [-0.25, -0.2) is 13.1 Å². The van der Waals surface area contributed by atoms with E-state index < -0.39 is 10.0 Å². The third-order valence-corrected chi connectivity index (χ3v) is 4.78. The average molecular weight is 287 g/mol. The summed E-state index contributed by atoms with van der Waals surface area (Å²) >= 11 is 0. The molecule has 7 heteroatoms. The van der Waals surface area contributed by atoms with Crippen molar-refractivity contribution in [3.8, 4) is 0 Å². The third-order valence-electron chi connectivity index (χ3n) is 3.21. The monoisotopic (exact) mass is 287 g/mol. The highest BCUT2D eigenvalue weighted by Crippen LogP contribution is 2.18. The lowest BCUT2D eigenvalue weighted by Gasteiger charge is -2.26. The maximum Gasteiger partial charge on any atom is 0.244 e. The van der Waals surface area contributed by atoms with Crippen LogP contribution in [0, 0.1) is 13.8 Å². The van der Waals surface area contributed by atoms with E-state index in [9.17, 15) is 8.42 Å². The molecule has 2 N–H and O–H groups in total. The van der Waals surface area contributed by atoms with Crippen molar-refractivity contribution < 1.29 is 12.8 Å². The SMILES string of the molecule is Cc1cc(S(=O)(=O)NCCN2CCNCC2)c(C)o1. The molecule has 0 amide bonds. The summed E-state index contributed by atoms with van der Waals surface area (Å²) in [6.07, 6.45) is 0. The van der Waals surface area contributed by atoms with Crippen molar-refractivity contribution in [2.75, 3.05) is 39.3 Å². The first-order valence-electron chi connectivity index (χ1n) is 6.49. The molecule has 1 saturated heterocycles. The molecule has 1 aliphatic heterocycles. The van der Waals surface area contributed by atoms with Crippen molar-refractivity contribution in [2.45, 2.75) is 18.7 Å². The van der Waals surface area contributed by atoms with Crippen LogP contribution in [0.15, 0.2) is 15.4 Å². The first kappa shape index (κ1) is 14.5. The Morgan fingerprint density at radius 1 is 1.37 bits per heavy atom. The van der Waals surface area contributed by atoms with E-state index in [1.807, 2.05) is 0 Å². The second-order valence-corrected chi connectivity index (χ2v) is 6.50. The highest BCUT2D eigenvalue weighted by Gasteiger charge is 2.20. The molecule has 1 aromatic heterocycles. The Morgan fingerprint density at radius 3 is 2.63 bits per heavy atom. The topological polar surface area (TPSA) is 74.6 Å². The van der Waals surface area contributed by atoms with Crippen LogP contribution in [-0.2, 0) is 10.0 Å². The molecule has 0 radical (unpaired) electrons. The number of piperazine rings is 1. The zero-order valence-corrected chi connectivity index (χ0v) is 12.2. The Hall–Kier alpha value is -0.890. The molecular weight excluding hydrogens is 266 g/mol. The van der Waals surface area contributed by atoms with Crippen LogP contribution < -0.4 is 10.0 Å². The molecule has 0 aliphatic carbocycles. The van der Waals surface area contributed by atoms with E-state index in [0.717, 1.165) is 32.7 Å². The molecule has 6 nitrogen and oxygen atoms in total. The second kappa shape index (κ2) is 6.04. The lowest BCUT2D eigenvalue weighted by molar-refractivity contribution is 0.245. The van der Waals surface area contributed by atoms with Crippen LogP contribution in [0.2, 0.25) is 0 Å². The number of nitrogens with zero attached hydrogens (tertiary/aromatic N) is 1. The zero-order chi connectivity index (χ0) is 13.9. The summed E-state index contributed by atoms with van der Waals surface area (Å²) in [5, 5.41) is 3.26. The first-order chi connectivity index (χ1) is 8.99. The lowest BCUT2D eigenvalue weighted by atomic mass is 10.3. The van der Waals surface area contributed by atoms with Gasteiger partial charge in [-0.05, 0) is 19.9 Å². The summed E-state index contributed by atoms with van der Waals surface area (Å²) in [5.74, 6) is 1.05. The van der Waals surface area contributed by atoms with Crippen molar-refractivity contribution in [3.63, 3.8) is 0 Å². The van der Waals surface area contributed by atoms with Gasteiger partial charge in [-0.1, -0.05) is 0 Å². The molecule has 0 saturated carbocycles. The number of hydrogen-bond acceptors (Lipinski definition) is 5. The fourth-order valence-electron chi connectivity index (χ4n) is 2.22. The smallest absolute Gasteiger partial charge is 0.244 e. The summed E-state index contributed by atoms with van der Waals surface area (Å²) in [7, 11) is -3.46. The van der Waals surface area contributed by atoms with Crippen LogP contribution in [0.1, 0.15) is 11.5 Å². The fraction of sp³-hybridized carbons (Fsp3) is 0.667. The van der Waals surface area contributed by atoms with E-state index >= 15 is 0 Å². The molecular formula is C12H21N3O3S. The number of hydrogen-bond donors (Lipinski definition) is 2. The predicted octanol–water partition coefficient (Wildman–Crippen LogP) is 0.0799. The van der Waals surface area contributed by atoms with Gasteiger partial charge in [0.1, 0.15) is 16.4 Å². The Kier molecular flexibility index (Phi) is 4.62. The maximum atomic E-state index is 12.1. The number of aryl methyl sites for hydroxylation is 2. The van der Waals surface area contributed by atoms with Crippen LogP contribution >= 0.6 is 0 Å². The van der Waals surface area contributed by atoms with Crippen molar-refractivity contribution in [1.82, 2.24) is 14.9 Å². The van der Waals surface area contributed by atoms with E-state index in [1.54, 1.807) is 19.9 Å². The van der Waals surface area contributed by atoms with Crippen LogP contribution in [0.4, 0.5) is 0 Å². The minimum Gasteiger partial charge on any atom is -0.465 e. The molecule has 1 aliphatic rings. The molecule has 1 fully saturated rings. The highest BCUT2D eigenvalue weighted by atomic mass is 32.2. The van der Waals surface area contributed by atoms with E-state index in [2.05, 4.69) is 14.9 Å². The van der Waals surface area contributed by atoms with Gasteiger partial charge in [0.05, 0.1) is 0 Å². The average Bonchev–Trinajstić information content (AvgIpc) is 2.70. The summed E-state index contributed by atoms with van der Waals surface area (Å²) in [5.41, 5.74) is 0. The van der Waals surface area contributed by atoms with E-state index in [0.29, 0.717) is 18.1 Å². The largest absolute Gasteiger partial charge is 0.465 e. The molecule has 2 rings (SSSR count). The molecule has 0 bridgehead atoms. The van der Waals surface area contributed by atoms with Gasteiger partial charge in [0, 0.05) is 39.3 Å². The molecule has 0 unspecified atom stereocenters. The minimum absolute atomic E-state index is 0.241. The van der Waals surface area contributed by atoms with Gasteiger partial charge in [-0.3, -0.25) is 4.90 Å². The molecule has 0 aromatic carbocycles. The number of furan rings is 1. The molecule has 19 heavy (non-hydrogen) atoms. The van der Waals surface area contributed by atoms with E-state index in [4.69, 9.17) is 4.42 Å². The quantitative estimate of drug-likeness (QED) is 0.802. The fourth-order valence-corrected chi connectivity index (χ4v) is 3.48. The first-order valence-corrected chi connectivity index (χ1v) is 7.97. The van der Waals surface area contributed by atoms with Crippen molar-refractivity contribution >= 4 is 10.0 Å². The Morgan fingerprint density at radius 2 is 2.05 bits per heavy atom. The number of sulfonamides is 1. The minimum atomic E-state index is -3.46. The van der Waals surface area contributed by atoms with Crippen molar-refractivity contribution in [1.29, 1.82) is 0 Å². The molecule has 1 aromatic rings. The summed E-state index contributed by atoms with van der Waals surface area (Å²) < 4.78 is 32.1. The summed E-state index contributed by atoms with van der Waals surface area (Å²) in [6.45, 7) is 8.42. The van der Waals surface area contributed by atoms with Gasteiger partial charge in [-0.15, -0.1) is 0 Å². The number of nitrogens with one attached hydrogen (secondary N) is 2. The molecule has 0 atom stereocenters. The van der Waals surface area contributed by atoms with Gasteiger partial charge in [-0.2, -0.15) is 0 Å². The highest BCUT2D eigenvalue weighted by molar-refractivity contribution is 7.89. The lowest BCUT2D eigenvalue weighted by Crippen LogP contribution is -2.46. The zero-order valence-electron chi connectivity index (χ0n) is 11.4.